The number of nitrogens with zero attached hydrogens (tertiary/aromatic N) is 3. The average Bonchev–Trinajstić information content (AvgIpc) is 2.99. The zero-order valence-electron chi connectivity index (χ0n) is 12.8. The van der Waals surface area contributed by atoms with E-state index in [9.17, 15) is 13.6 Å². The van der Waals surface area contributed by atoms with Crippen LogP contribution in [0.5, 0.6) is 0 Å². The number of aromatic nitrogens is 3. The lowest BCUT2D eigenvalue weighted by molar-refractivity contribution is 0.102. The lowest BCUT2D eigenvalue weighted by Gasteiger charge is -2.04. The van der Waals surface area contributed by atoms with Crippen molar-refractivity contribution < 1.29 is 13.6 Å². The molecule has 0 fully saturated rings. The number of hydrogen-bond acceptors (Lipinski definition) is 5. The number of nitrogens with one attached hydrogen (secondary N) is 1. The van der Waals surface area contributed by atoms with E-state index in [1.54, 1.807) is 19.2 Å². The van der Waals surface area contributed by atoms with Crippen LogP contribution in [-0.4, -0.2) is 20.9 Å². The van der Waals surface area contributed by atoms with Crippen LogP contribution in [0.4, 0.5) is 13.9 Å². The first kappa shape index (κ1) is 16.1. The lowest BCUT2D eigenvalue weighted by atomic mass is 10.1. The van der Waals surface area contributed by atoms with Gasteiger partial charge in [0.1, 0.15) is 18.0 Å². The molecule has 24 heavy (non-hydrogen) atoms. The maximum atomic E-state index is 13.9. The molecule has 0 atom stereocenters. The van der Waals surface area contributed by atoms with Crippen LogP contribution in [0.1, 0.15) is 21.6 Å². The summed E-state index contributed by atoms with van der Waals surface area (Å²) >= 11 is 1.15. The highest BCUT2D eigenvalue weighted by Gasteiger charge is 2.15. The summed E-state index contributed by atoms with van der Waals surface area (Å²) in [6.45, 7) is 3.24. The first-order valence-corrected chi connectivity index (χ1v) is 7.83. The molecule has 0 unspecified atom stereocenters. The molecule has 1 N–H and O–H groups in total. The number of halogens is 2. The lowest BCUT2D eigenvalue weighted by Crippen LogP contribution is -2.14. The maximum absolute atomic E-state index is 13.9. The molecule has 0 aliphatic rings. The Morgan fingerprint density at radius 2 is 2.00 bits per heavy atom. The number of anilines is 1. The van der Waals surface area contributed by atoms with E-state index < -0.39 is 17.5 Å². The van der Waals surface area contributed by atoms with Crippen molar-refractivity contribution in [3.63, 3.8) is 0 Å². The van der Waals surface area contributed by atoms with Gasteiger partial charge in [-0.15, -0.1) is 11.3 Å². The van der Waals surface area contributed by atoms with Gasteiger partial charge in [0.05, 0.1) is 17.0 Å². The molecular weight excluding hydrogens is 334 g/mol. The van der Waals surface area contributed by atoms with Crippen molar-refractivity contribution in [2.45, 2.75) is 13.8 Å². The minimum atomic E-state index is -0.700. The Hall–Kier alpha value is -2.74. The highest BCUT2D eigenvalue weighted by atomic mass is 32.1. The fraction of sp³-hybridized carbons (Fsp3) is 0.125. The van der Waals surface area contributed by atoms with Crippen molar-refractivity contribution in [1.82, 2.24) is 15.0 Å². The van der Waals surface area contributed by atoms with Crippen molar-refractivity contribution in [3.8, 4) is 11.3 Å². The fourth-order valence-corrected chi connectivity index (χ4v) is 2.79. The molecule has 0 bridgehead atoms. The van der Waals surface area contributed by atoms with Gasteiger partial charge in [-0.1, -0.05) is 0 Å². The third kappa shape index (κ3) is 3.13. The predicted molar refractivity (Wildman–Crippen MR) is 86.9 cm³/mol. The SMILES string of the molecule is Cc1cc(-c2csc(NC(=O)c3cncnc3C)n2)c(F)cc1F. The first-order valence-electron chi connectivity index (χ1n) is 6.95. The summed E-state index contributed by atoms with van der Waals surface area (Å²) in [6, 6.07) is 2.22. The highest BCUT2D eigenvalue weighted by Crippen LogP contribution is 2.29. The van der Waals surface area contributed by atoms with Gasteiger partial charge < -0.3 is 0 Å². The van der Waals surface area contributed by atoms with Crippen LogP contribution in [0.2, 0.25) is 0 Å². The third-order valence-electron chi connectivity index (χ3n) is 3.41. The molecule has 0 aliphatic heterocycles. The monoisotopic (exact) mass is 346 g/mol. The Morgan fingerprint density at radius 3 is 2.75 bits per heavy atom. The van der Waals surface area contributed by atoms with Gasteiger partial charge in [0.2, 0.25) is 0 Å². The summed E-state index contributed by atoms with van der Waals surface area (Å²) in [5.74, 6) is -1.71. The van der Waals surface area contributed by atoms with Crippen LogP contribution in [0.25, 0.3) is 11.3 Å². The van der Waals surface area contributed by atoms with E-state index in [-0.39, 0.29) is 5.56 Å². The van der Waals surface area contributed by atoms with Crippen molar-refractivity contribution >= 4 is 22.4 Å². The quantitative estimate of drug-likeness (QED) is 0.784. The number of rotatable bonds is 3. The molecule has 122 valence electrons. The molecular formula is C16H12F2N4OS. The zero-order valence-corrected chi connectivity index (χ0v) is 13.6. The standard InChI is InChI=1S/C16H12F2N4OS/c1-8-3-10(13(18)4-12(8)17)14-6-24-16(21-14)22-15(23)11-5-19-7-20-9(11)2/h3-7H,1-2H3,(H,21,22,23). The molecule has 5 nitrogen and oxygen atoms in total. The third-order valence-corrected chi connectivity index (χ3v) is 4.16. The van der Waals surface area contributed by atoms with Crippen LogP contribution in [-0.2, 0) is 0 Å². The van der Waals surface area contributed by atoms with Gasteiger partial charge in [-0.25, -0.2) is 23.7 Å². The molecule has 1 aromatic carbocycles. The van der Waals surface area contributed by atoms with Gasteiger partial charge in [0.15, 0.2) is 5.13 Å². The Kier molecular flexibility index (Phi) is 4.30. The second-order valence-electron chi connectivity index (χ2n) is 5.10. The number of benzene rings is 1. The molecule has 2 heterocycles. The van der Waals surface area contributed by atoms with Crippen LogP contribution in [0, 0.1) is 25.5 Å². The van der Waals surface area contributed by atoms with Crippen molar-refractivity contribution in [2.75, 3.05) is 5.32 Å². The minimum absolute atomic E-state index is 0.185. The smallest absolute Gasteiger partial charge is 0.260 e. The molecule has 0 saturated heterocycles. The molecule has 0 saturated carbocycles. The van der Waals surface area contributed by atoms with E-state index in [4.69, 9.17) is 0 Å². The molecule has 3 rings (SSSR count). The Bertz CT molecular complexity index is 926. The normalized spacial score (nSPS) is 10.7. The maximum Gasteiger partial charge on any atom is 0.260 e. The van der Waals surface area contributed by atoms with Crippen LogP contribution >= 0.6 is 11.3 Å². The molecule has 8 heteroatoms. The highest BCUT2D eigenvalue weighted by molar-refractivity contribution is 7.14. The van der Waals surface area contributed by atoms with Gasteiger partial charge in [0.25, 0.3) is 5.91 Å². The first-order chi connectivity index (χ1) is 11.5. The number of carbonyl (C=O) groups is 1. The van der Waals surface area contributed by atoms with Crippen LogP contribution in [0.15, 0.2) is 30.0 Å². The van der Waals surface area contributed by atoms with Crippen LogP contribution in [0.3, 0.4) is 0 Å². The summed E-state index contributed by atoms with van der Waals surface area (Å²) in [5, 5.41) is 4.53. The zero-order chi connectivity index (χ0) is 17.3. The molecule has 0 aliphatic carbocycles. The van der Waals surface area contributed by atoms with Gasteiger partial charge in [-0.2, -0.15) is 0 Å². The number of amides is 1. The van der Waals surface area contributed by atoms with Crippen molar-refractivity contribution in [1.29, 1.82) is 0 Å². The number of hydrogen-bond donors (Lipinski definition) is 1. The van der Waals surface area contributed by atoms with Gasteiger partial charge in [0, 0.05) is 23.2 Å². The van der Waals surface area contributed by atoms with Gasteiger partial charge >= 0.3 is 0 Å². The molecule has 3 aromatic rings. The average molecular weight is 346 g/mol. The topological polar surface area (TPSA) is 67.8 Å². The molecule has 2 aromatic heterocycles. The Balaban J connectivity index is 1.85. The summed E-state index contributed by atoms with van der Waals surface area (Å²) in [4.78, 5) is 24.2. The van der Waals surface area contributed by atoms with Crippen LogP contribution < -0.4 is 5.32 Å². The summed E-state index contributed by atoms with van der Waals surface area (Å²) in [7, 11) is 0. The number of aryl methyl sites for hydroxylation is 2. The Labute approximate surface area is 140 Å². The van der Waals surface area contributed by atoms with E-state index in [0.717, 1.165) is 17.4 Å². The van der Waals surface area contributed by atoms with Gasteiger partial charge in [-0.05, 0) is 25.5 Å². The summed E-state index contributed by atoms with van der Waals surface area (Å²) < 4.78 is 27.3. The van der Waals surface area contributed by atoms with E-state index >= 15 is 0 Å². The number of thiazole rings is 1. The predicted octanol–water partition coefficient (Wildman–Crippen LogP) is 3.75. The van der Waals surface area contributed by atoms with E-state index in [1.807, 2.05) is 0 Å². The van der Waals surface area contributed by atoms with E-state index in [1.165, 1.54) is 18.6 Å². The van der Waals surface area contributed by atoms with Crippen molar-refractivity contribution in [2.24, 2.45) is 0 Å². The second kappa shape index (κ2) is 6.40. The number of carbonyl (C=O) groups excluding carboxylic acids is 1. The molecule has 0 radical (unpaired) electrons. The fourth-order valence-electron chi connectivity index (χ4n) is 2.09. The van der Waals surface area contributed by atoms with Gasteiger partial charge in [-0.3, -0.25) is 10.1 Å². The van der Waals surface area contributed by atoms with E-state index in [0.29, 0.717) is 27.6 Å². The molecule has 1 amide bonds. The minimum Gasteiger partial charge on any atom is -0.298 e. The summed E-state index contributed by atoms with van der Waals surface area (Å²) in [5.41, 5.74) is 1.71. The Morgan fingerprint density at radius 1 is 1.21 bits per heavy atom. The summed E-state index contributed by atoms with van der Waals surface area (Å²) in [6.07, 6.45) is 2.77. The van der Waals surface area contributed by atoms with Crippen molar-refractivity contribution in [3.05, 3.63) is 58.5 Å². The molecule has 0 spiro atoms. The second-order valence-corrected chi connectivity index (χ2v) is 5.95. The largest absolute Gasteiger partial charge is 0.298 e. The van der Waals surface area contributed by atoms with E-state index in [2.05, 4.69) is 20.3 Å².